The summed E-state index contributed by atoms with van der Waals surface area (Å²) in [5.41, 5.74) is 3.44. The van der Waals surface area contributed by atoms with Crippen molar-refractivity contribution in [3.8, 4) is 0 Å². The van der Waals surface area contributed by atoms with Crippen LogP contribution in [0, 0.1) is 0 Å². The number of amides is 1. The van der Waals surface area contributed by atoms with Gasteiger partial charge in [-0.05, 0) is 25.0 Å². The largest absolute Gasteiger partial charge is 0.419 e. The number of carbonyl (C=O) groups is 1. The highest BCUT2D eigenvalue weighted by Crippen LogP contribution is 2.12. The van der Waals surface area contributed by atoms with Crippen molar-refractivity contribution in [2.24, 2.45) is 5.84 Å². The molecule has 0 atom stereocenters. The molecule has 0 aliphatic rings. The molecule has 2 rings (SSSR count). The van der Waals surface area contributed by atoms with Crippen LogP contribution in [0.5, 0.6) is 0 Å². The van der Waals surface area contributed by atoms with E-state index in [2.05, 4.69) is 5.43 Å². The maximum Gasteiger partial charge on any atom is 0.419 e. The molecule has 0 fully saturated rings. The number of carbonyl (C=O) groups excluding carboxylic acids is 1. The maximum atomic E-state index is 11.6. The fourth-order valence-electron chi connectivity index (χ4n) is 1.85. The van der Waals surface area contributed by atoms with Crippen LogP contribution in [0.1, 0.15) is 19.3 Å². The molecule has 0 aliphatic heterocycles. The Bertz CT molecular complexity index is 600. The lowest BCUT2D eigenvalue weighted by atomic mass is 10.2. The van der Waals surface area contributed by atoms with Gasteiger partial charge in [-0.1, -0.05) is 12.1 Å². The van der Waals surface area contributed by atoms with Crippen molar-refractivity contribution in [1.29, 1.82) is 0 Å². The number of benzene rings is 1. The summed E-state index contributed by atoms with van der Waals surface area (Å²) in [5.74, 6) is 4.42. The molecule has 0 radical (unpaired) electrons. The molecule has 2 aromatic rings. The number of rotatable bonds is 5. The Hall–Kier alpha value is -2.08. The van der Waals surface area contributed by atoms with Gasteiger partial charge in [0.05, 0.1) is 5.52 Å². The van der Waals surface area contributed by atoms with Crippen LogP contribution in [0.25, 0.3) is 11.1 Å². The standard InChI is InChI=1S/C12H15N3O3/c13-14-11(16)7-3-4-8-15-9-5-1-2-6-10(9)18-12(15)17/h1-2,5-6H,3-4,7-8,13H2,(H,14,16). The van der Waals surface area contributed by atoms with E-state index >= 15 is 0 Å². The smallest absolute Gasteiger partial charge is 0.408 e. The molecule has 0 spiro atoms. The number of aromatic nitrogens is 1. The fourth-order valence-corrected chi connectivity index (χ4v) is 1.85. The summed E-state index contributed by atoms with van der Waals surface area (Å²) in [5, 5.41) is 0. The number of hydrazine groups is 1. The minimum Gasteiger partial charge on any atom is -0.408 e. The molecule has 0 saturated carbocycles. The number of fused-ring (bicyclic) bond motifs is 1. The predicted molar refractivity (Wildman–Crippen MR) is 66.7 cm³/mol. The molecule has 0 saturated heterocycles. The fraction of sp³-hybridized carbons (Fsp3) is 0.333. The molecule has 6 heteroatoms. The Labute approximate surface area is 103 Å². The summed E-state index contributed by atoms with van der Waals surface area (Å²) in [6, 6.07) is 7.28. The van der Waals surface area contributed by atoms with Gasteiger partial charge in [0.15, 0.2) is 5.58 Å². The van der Waals surface area contributed by atoms with Gasteiger partial charge in [-0.2, -0.15) is 0 Å². The molecule has 6 nitrogen and oxygen atoms in total. The number of unbranched alkanes of at least 4 members (excludes halogenated alkanes) is 1. The molecule has 1 heterocycles. The number of nitrogens with two attached hydrogens (primary N) is 1. The zero-order chi connectivity index (χ0) is 13.0. The molecular formula is C12H15N3O3. The average Bonchev–Trinajstić information content (AvgIpc) is 2.70. The van der Waals surface area contributed by atoms with Crippen molar-refractivity contribution in [2.45, 2.75) is 25.8 Å². The Kier molecular flexibility index (Phi) is 3.78. The van der Waals surface area contributed by atoms with E-state index in [0.29, 0.717) is 25.0 Å². The number of para-hydroxylation sites is 2. The lowest BCUT2D eigenvalue weighted by Crippen LogP contribution is -2.29. The zero-order valence-electron chi connectivity index (χ0n) is 9.89. The topological polar surface area (TPSA) is 90.3 Å². The van der Waals surface area contributed by atoms with Gasteiger partial charge < -0.3 is 4.42 Å². The highest BCUT2D eigenvalue weighted by Gasteiger charge is 2.07. The third-order valence-corrected chi connectivity index (χ3v) is 2.77. The number of hydrogen-bond donors (Lipinski definition) is 2. The van der Waals surface area contributed by atoms with Crippen LogP contribution >= 0.6 is 0 Å². The van der Waals surface area contributed by atoms with Crippen molar-refractivity contribution < 1.29 is 9.21 Å². The van der Waals surface area contributed by atoms with E-state index < -0.39 is 0 Å². The van der Waals surface area contributed by atoms with Gasteiger partial charge in [0.1, 0.15) is 0 Å². The van der Waals surface area contributed by atoms with Crippen LogP contribution < -0.4 is 17.0 Å². The van der Waals surface area contributed by atoms with Crippen molar-refractivity contribution in [3.63, 3.8) is 0 Å². The van der Waals surface area contributed by atoms with Crippen molar-refractivity contribution >= 4 is 17.0 Å². The molecule has 1 amide bonds. The van der Waals surface area contributed by atoms with E-state index in [-0.39, 0.29) is 11.7 Å². The molecule has 1 aromatic carbocycles. The number of nitrogens with one attached hydrogen (secondary N) is 1. The third kappa shape index (κ3) is 2.60. The Morgan fingerprint density at radius 3 is 2.89 bits per heavy atom. The van der Waals surface area contributed by atoms with Crippen molar-refractivity contribution in [2.75, 3.05) is 0 Å². The first kappa shape index (κ1) is 12.4. The van der Waals surface area contributed by atoms with Gasteiger partial charge in [-0.25, -0.2) is 10.6 Å². The maximum absolute atomic E-state index is 11.6. The van der Waals surface area contributed by atoms with Crippen LogP contribution in [-0.4, -0.2) is 10.5 Å². The van der Waals surface area contributed by atoms with Crippen LogP contribution in [0.3, 0.4) is 0 Å². The van der Waals surface area contributed by atoms with Crippen LogP contribution in [0.15, 0.2) is 33.5 Å². The SMILES string of the molecule is NNC(=O)CCCCn1c(=O)oc2ccccc21. The number of aryl methyl sites for hydroxylation is 1. The quantitative estimate of drug-likeness (QED) is 0.354. The molecule has 1 aromatic heterocycles. The van der Waals surface area contributed by atoms with Crippen LogP contribution in [0.4, 0.5) is 0 Å². The molecule has 3 N–H and O–H groups in total. The first-order valence-corrected chi connectivity index (χ1v) is 5.80. The van der Waals surface area contributed by atoms with Crippen molar-refractivity contribution in [1.82, 2.24) is 9.99 Å². The van der Waals surface area contributed by atoms with Gasteiger partial charge >= 0.3 is 5.76 Å². The Morgan fingerprint density at radius 1 is 1.33 bits per heavy atom. The monoisotopic (exact) mass is 249 g/mol. The van der Waals surface area contributed by atoms with Gasteiger partial charge in [0.2, 0.25) is 5.91 Å². The second kappa shape index (κ2) is 5.50. The highest BCUT2D eigenvalue weighted by atomic mass is 16.4. The van der Waals surface area contributed by atoms with E-state index in [0.717, 1.165) is 11.9 Å². The summed E-state index contributed by atoms with van der Waals surface area (Å²) >= 11 is 0. The number of hydrogen-bond acceptors (Lipinski definition) is 4. The first-order chi connectivity index (χ1) is 8.72. The molecule has 0 unspecified atom stereocenters. The second-order valence-electron chi connectivity index (χ2n) is 4.01. The van der Waals surface area contributed by atoms with E-state index in [1.54, 1.807) is 10.6 Å². The number of nitrogens with zero attached hydrogens (tertiary/aromatic N) is 1. The molecule has 0 bridgehead atoms. The van der Waals surface area contributed by atoms with Crippen LogP contribution in [-0.2, 0) is 11.3 Å². The molecule has 18 heavy (non-hydrogen) atoms. The third-order valence-electron chi connectivity index (χ3n) is 2.77. The normalized spacial score (nSPS) is 10.7. The van der Waals surface area contributed by atoms with Gasteiger partial charge in [-0.15, -0.1) is 0 Å². The van der Waals surface area contributed by atoms with Crippen molar-refractivity contribution in [3.05, 3.63) is 34.8 Å². The van der Waals surface area contributed by atoms with E-state index in [9.17, 15) is 9.59 Å². The minimum atomic E-state index is -0.362. The lowest BCUT2D eigenvalue weighted by molar-refractivity contribution is -0.121. The summed E-state index contributed by atoms with van der Waals surface area (Å²) in [6.07, 6.45) is 1.76. The molecule has 0 aliphatic carbocycles. The van der Waals surface area contributed by atoms with E-state index in [1.165, 1.54) is 0 Å². The lowest BCUT2D eigenvalue weighted by Gasteiger charge is -2.02. The van der Waals surface area contributed by atoms with E-state index in [4.69, 9.17) is 10.3 Å². The summed E-state index contributed by atoms with van der Waals surface area (Å²) in [7, 11) is 0. The average molecular weight is 249 g/mol. The van der Waals surface area contributed by atoms with Gasteiger partial charge in [0.25, 0.3) is 0 Å². The Balaban J connectivity index is 2.01. The zero-order valence-corrected chi connectivity index (χ0v) is 9.89. The first-order valence-electron chi connectivity index (χ1n) is 5.80. The number of oxazole rings is 1. The minimum absolute atomic E-state index is 0.195. The summed E-state index contributed by atoms with van der Waals surface area (Å²) in [4.78, 5) is 22.5. The van der Waals surface area contributed by atoms with E-state index in [1.807, 2.05) is 18.2 Å². The van der Waals surface area contributed by atoms with Gasteiger partial charge in [0, 0.05) is 13.0 Å². The summed E-state index contributed by atoms with van der Waals surface area (Å²) in [6.45, 7) is 0.535. The second-order valence-corrected chi connectivity index (χ2v) is 4.01. The molecular weight excluding hydrogens is 234 g/mol. The predicted octanol–water partition coefficient (Wildman–Crippen LogP) is 0.755. The Morgan fingerprint density at radius 2 is 2.11 bits per heavy atom. The van der Waals surface area contributed by atoms with Crippen LogP contribution in [0.2, 0.25) is 0 Å². The highest BCUT2D eigenvalue weighted by molar-refractivity contribution is 5.75. The molecule has 96 valence electrons. The summed E-state index contributed by atoms with van der Waals surface area (Å²) < 4.78 is 6.69. The van der Waals surface area contributed by atoms with Gasteiger partial charge in [-0.3, -0.25) is 14.8 Å².